The summed E-state index contributed by atoms with van der Waals surface area (Å²) in [7, 11) is 4.35. The smallest absolute Gasteiger partial charge is 0.123 e. The molecule has 1 aromatic rings. The van der Waals surface area contributed by atoms with E-state index in [2.05, 4.69) is 30.0 Å². The Kier molecular flexibility index (Phi) is 4.56. The minimum absolute atomic E-state index is 0.157. The number of nitrogens with zero attached hydrogens (tertiary/aromatic N) is 2. The second-order valence-electron chi connectivity index (χ2n) is 5.54. The lowest BCUT2D eigenvalue weighted by atomic mass is 10.0. The van der Waals surface area contributed by atoms with E-state index >= 15 is 0 Å². The van der Waals surface area contributed by atoms with Gasteiger partial charge in [0.05, 0.1) is 0 Å². The van der Waals surface area contributed by atoms with E-state index in [-0.39, 0.29) is 5.84 Å². The van der Waals surface area contributed by atoms with Crippen LogP contribution in [0.25, 0.3) is 0 Å². The first kappa shape index (κ1) is 14.0. The van der Waals surface area contributed by atoms with Crippen LogP contribution in [-0.2, 0) is 6.54 Å². The van der Waals surface area contributed by atoms with Crippen LogP contribution in [-0.4, -0.2) is 48.9 Å². The Labute approximate surface area is 115 Å². The molecule has 0 amide bonds. The highest BCUT2D eigenvalue weighted by atomic mass is 15.2. The van der Waals surface area contributed by atoms with Crippen molar-refractivity contribution in [3.63, 3.8) is 0 Å². The highest BCUT2D eigenvalue weighted by Gasteiger charge is 2.21. The molecule has 0 saturated carbocycles. The molecule has 1 unspecified atom stereocenters. The second-order valence-corrected chi connectivity index (χ2v) is 5.54. The average molecular weight is 260 g/mol. The van der Waals surface area contributed by atoms with Gasteiger partial charge in [0.2, 0.25) is 0 Å². The summed E-state index contributed by atoms with van der Waals surface area (Å²) >= 11 is 0. The van der Waals surface area contributed by atoms with Gasteiger partial charge in [-0.15, -0.1) is 0 Å². The zero-order chi connectivity index (χ0) is 13.8. The van der Waals surface area contributed by atoms with Crippen molar-refractivity contribution in [1.82, 2.24) is 9.80 Å². The van der Waals surface area contributed by atoms with E-state index in [0.29, 0.717) is 6.04 Å². The van der Waals surface area contributed by atoms with Crippen LogP contribution in [0.5, 0.6) is 0 Å². The zero-order valence-corrected chi connectivity index (χ0v) is 11.9. The molecule has 1 aromatic carbocycles. The number of nitrogens with two attached hydrogens (primary N) is 1. The standard InChI is InChI=1S/C15H24N4/c1-18-9-5-7-13(11-18)19(2)10-12-6-3-4-8-14(12)15(16)17/h3-4,6,8,13H,5,7,9-11H2,1-2H3,(H3,16,17). The number of nitrogens with one attached hydrogen (secondary N) is 1. The van der Waals surface area contributed by atoms with Gasteiger partial charge in [0.25, 0.3) is 0 Å². The number of likely N-dealkylation sites (N-methyl/N-ethyl adjacent to an activating group) is 2. The Balaban J connectivity index is 2.06. The van der Waals surface area contributed by atoms with Crippen molar-refractivity contribution < 1.29 is 0 Å². The molecule has 1 aliphatic rings. The number of piperidine rings is 1. The van der Waals surface area contributed by atoms with Crippen LogP contribution < -0.4 is 5.73 Å². The fraction of sp³-hybridized carbons (Fsp3) is 0.533. The first-order valence-electron chi connectivity index (χ1n) is 6.89. The molecule has 4 heteroatoms. The maximum atomic E-state index is 7.65. The van der Waals surface area contributed by atoms with Gasteiger partial charge < -0.3 is 10.6 Å². The van der Waals surface area contributed by atoms with Gasteiger partial charge in [-0.05, 0) is 39.0 Å². The van der Waals surface area contributed by atoms with E-state index in [1.54, 1.807) is 0 Å². The highest BCUT2D eigenvalue weighted by Crippen LogP contribution is 2.17. The quantitative estimate of drug-likeness (QED) is 0.637. The third-order valence-electron chi connectivity index (χ3n) is 3.95. The monoisotopic (exact) mass is 260 g/mol. The van der Waals surface area contributed by atoms with E-state index in [0.717, 1.165) is 24.2 Å². The van der Waals surface area contributed by atoms with Crippen LogP contribution in [0.15, 0.2) is 24.3 Å². The highest BCUT2D eigenvalue weighted by molar-refractivity contribution is 5.96. The third-order valence-corrected chi connectivity index (χ3v) is 3.95. The Morgan fingerprint density at radius 3 is 2.89 bits per heavy atom. The van der Waals surface area contributed by atoms with Crippen molar-refractivity contribution in [3.05, 3.63) is 35.4 Å². The van der Waals surface area contributed by atoms with E-state index in [4.69, 9.17) is 11.1 Å². The Hall–Kier alpha value is -1.39. The number of rotatable bonds is 4. The summed E-state index contributed by atoms with van der Waals surface area (Å²) in [6.07, 6.45) is 2.52. The predicted octanol–water partition coefficient (Wildman–Crippen LogP) is 1.50. The van der Waals surface area contributed by atoms with Gasteiger partial charge in [0.1, 0.15) is 5.84 Å². The molecule has 1 fully saturated rings. The first-order valence-corrected chi connectivity index (χ1v) is 6.89. The van der Waals surface area contributed by atoms with Gasteiger partial charge in [-0.1, -0.05) is 24.3 Å². The number of amidine groups is 1. The molecule has 0 spiro atoms. The summed E-state index contributed by atoms with van der Waals surface area (Å²) in [5.41, 5.74) is 7.65. The molecule has 104 valence electrons. The minimum Gasteiger partial charge on any atom is -0.384 e. The molecular weight excluding hydrogens is 236 g/mol. The van der Waals surface area contributed by atoms with E-state index in [9.17, 15) is 0 Å². The first-order chi connectivity index (χ1) is 9.08. The summed E-state index contributed by atoms with van der Waals surface area (Å²) in [5, 5.41) is 7.65. The number of hydrogen-bond donors (Lipinski definition) is 2. The average Bonchev–Trinajstić information content (AvgIpc) is 2.39. The maximum Gasteiger partial charge on any atom is 0.123 e. The molecule has 1 heterocycles. The van der Waals surface area contributed by atoms with Crippen molar-refractivity contribution in [1.29, 1.82) is 5.41 Å². The molecule has 0 aromatic heterocycles. The lowest BCUT2D eigenvalue weighted by molar-refractivity contribution is 0.129. The number of likely N-dealkylation sites (tertiary alicyclic amines) is 1. The van der Waals surface area contributed by atoms with Crippen molar-refractivity contribution in [3.8, 4) is 0 Å². The molecule has 1 atom stereocenters. The van der Waals surface area contributed by atoms with Crippen LogP contribution in [0.4, 0.5) is 0 Å². The second kappa shape index (κ2) is 6.17. The van der Waals surface area contributed by atoms with Crippen LogP contribution in [0.1, 0.15) is 24.0 Å². The van der Waals surface area contributed by atoms with E-state index in [1.165, 1.54) is 19.4 Å². The molecule has 1 aliphatic heterocycles. The summed E-state index contributed by atoms with van der Waals surface area (Å²) < 4.78 is 0. The minimum atomic E-state index is 0.157. The van der Waals surface area contributed by atoms with E-state index in [1.807, 2.05) is 18.2 Å². The van der Waals surface area contributed by atoms with Crippen LogP contribution >= 0.6 is 0 Å². The molecule has 1 saturated heterocycles. The van der Waals surface area contributed by atoms with Crippen LogP contribution in [0, 0.1) is 5.41 Å². The van der Waals surface area contributed by atoms with Gasteiger partial charge in [0.15, 0.2) is 0 Å². The van der Waals surface area contributed by atoms with Crippen molar-refractivity contribution in [2.24, 2.45) is 5.73 Å². The Bertz CT molecular complexity index is 444. The summed E-state index contributed by atoms with van der Waals surface area (Å²) in [4.78, 5) is 4.78. The molecule has 0 aliphatic carbocycles. The summed E-state index contributed by atoms with van der Waals surface area (Å²) in [6.45, 7) is 3.18. The Morgan fingerprint density at radius 1 is 1.47 bits per heavy atom. The molecular formula is C15H24N4. The SMILES string of the molecule is CN1CCCC(N(C)Cc2ccccc2C(=N)N)C1. The molecule has 3 N–H and O–H groups in total. The van der Waals surface area contributed by atoms with Gasteiger partial charge in [0, 0.05) is 24.7 Å². The lowest BCUT2D eigenvalue weighted by Crippen LogP contribution is -2.44. The molecule has 0 radical (unpaired) electrons. The molecule has 0 bridgehead atoms. The summed E-state index contributed by atoms with van der Waals surface area (Å²) in [6, 6.07) is 8.55. The van der Waals surface area contributed by atoms with Crippen molar-refractivity contribution in [2.75, 3.05) is 27.2 Å². The maximum absolute atomic E-state index is 7.65. The zero-order valence-electron chi connectivity index (χ0n) is 11.9. The van der Waals surface area contributed by atoms with Gasteiger partial charge >= 0.3 is 0 Å². The number of nitrogen functional groups attached to an aromatic ring is 1. The van der Waals surface area contributed by atoms with Crippen LogP contribution in [0.3, 0.4) is 0 Å². The largest absolute Gasteiger partial charge is 0.384 e. The van der Waals surface area contributed by atoms with Gasteiger partial charge in [-0.25, -0.2) is 0 Å². The number of hydrogen-bond acceptors (Lipinski definition) is 3. The third kappa shape index (κ3) is 3.55. The molecule has 2 rings (SSSR count). The van der Waals surface area contributed by atoms with E-state index < -0.39 is 0 Å². The Morgan fingerprint density at radius 2 is 2.21 bits per heavy atom. The lowest BCUT2D eigenvalue weighted by Gasteiger charge is -2.36. The number of benzene rings is 1. The van der Waals surface area contributed by atoms with Gasteiger partial charge in [-0.2, -0.15) is 0 Å². The topological polar surface area (TPSA) is 56.4 Å². The fourth-order valence-electron chi connectivity index (χ4n) is 2.82. The molecule has 19 heavy (non-hydrogen) atoms. The molecule has 4 nitrogen and oxygen atoms in total. The van der Waals surface area contributed by atoms with Gasteiger partial charge in [-0.3, -0.25) is 10.3 Å². The fourth-order valence-corrected chi connectivity index (χ4v) is 2.82. The normalized spacial score (nSPS) is 20.7. The predicted molar refractivity (Wildman–Crippen MR) is 79.4 cm³/mol. The summed E-state index contributed by atoms with van der Waals surface area (Å²) in [5.74, 6) is 0.157. The van der Waals surface area contributed by atoms with Crippen LogP contribution in [0.2, 0.25) is 0 Å². The van der Waals surface area contributed by atoms with Crippen molar-refractivity contribution >= 4 is 5.84 Å². The van der Waals surface area contributed by atoms with Crippen molar-refractivity contribution in [2.45, 2.75) is 25.4 Å².